The van der Waals surface area contributed by atoms with Crippen LogP contribution in [0.15, 0.2) is 63.8 Å². The normalized spacial score (nSPS) is 10.5. The van der Waals surface area contributed by atoms with E-state index in [9.17, 15) is 9.90 Å². The van der Waals surface area contributed by atoms with Crippen LogP contribution in [0.5, 0.6) is 11.5 Å². The fourth-order valence-electron chi connectivity index (χ4n) is 2.53. The zero-order valence-corrected chi connectivity index (χ0v) is 14.1. The number of anilines is 1. The van der Waals surface area contributed by atoms with Crippen molar-refractivity contribution in [1.82, 2.24) is 0 Å². The van der Waals surface area contributed by atoms with E-state index in [0.29, 0.717) is 5.76 Å². The first kappa shape index (κ1) is 16.6. The SMILES string of the molecule is COc1ccc(-c2ccc(NCc3oc(C)cc(=O)c3O)cc2)cc1. The van der Waals surface area contributed by atoms with Crippen LogP contribution >= 0.6 is 0 Å². The van der Waals surface area contributed by atoms with Crippen molar-refractivity contribution in [3.63, 3.8) is 0 Å². The van der Waals surface area contributed by atoms with Crippen molar-refractivity contribution >= 4 is 5.69 Å². The molecule has 0 saturated carbocycles. The molecule has 1 heterocycles. The molecule has 1 aromatic heterocycles. The number of nitrogens with one attached hydrogen (secondary N) is 1. The summed E-state index contributed by atoms with van der Waals surface area (Å²) in [5, 5.41) is 12.9. The fraction of sp³-hybridized carbons (Fsp3) is 0.150. The Bertz CT molecular complexity index is 912. The van der Waals surface area contributed by atoms with Gasteiger partial charge in [0.25, 0.3) is 0 Å². The second-order valence-corrected chi connectivity index (χ2v) is 5.65. The lowest BCUT2D eigenvalue weighted by molar-refractivity contribution is 0.392. The molecule has 0 aliphatic heterocycles. The van der Waals surface area contributed by atoms with Crippen LogP contribution in [0.4, 0.5) is 5.69 Å². The number of aryl methyl sites for hydroxylation is 1. The summed E-state index contributed by atoms with van der Waals surface area (Å²) in [5.41, 5.74) is 2.60. The van der Waals surface area contributed by atoms with Crippen LogP contribution in [0.25, 0.3) is 11.1 Å². The lowest BCUT2D eigenvalue weighted by Gasteiger charge is -2.09. The lowest BCUT2D eigenvalue weighted by atomic mass is 10.1. The highest BCUT2D eigenvalue weighted by Gasteiger charge is 2.09. The molecule has 0 saturated heterocycles. The third-order valence-corrected chi connectivity index (χ3v) is 3.88. The van der Waals surface area contributed by atoms with Gasteiger partial charge in [-0.3, -0.25) is 4.79 Å². The summed E-state index contributed by atoms with van der Waals surface area (Å²) in [5.74, 6) is 1.16. The molecule has 3 aromatic rings. The number of aromatic hydroxyl groups is 1. The molecule has 3 rings (SSSR count). The average Bonchev–Trinajstić information content (AvgIpc) is 2.64. The van der Waals surface area contributed by atoms with Gasteiger partial charge in [-0.15, -0.1) is 0 Å². The van der Waals surface area contributed by atoms with Crippen molar-refractivity contribution in [1.29, 1.82) is 0 Å². The molecule has 25 heavy (non-hydrogen) atoms. The average molecular weight is 337 g/mol. The topological polar surface area (TPSA) is 71.7 Å². The van der Waals surface area contributed by atoms with E-state index >= 15 is 0 Å². The van der Waals surface area contributed by atoms with Crippen molar-refractivity contribution in [2.24, 2.45) is 0 Å². The van der Waals surface area contributed by atoms with Gasteiger partial charge in [0.2, 0.25) is 11.2 Å². The second-order valence-electron chi connectivity index (χ2n) is 5.65. The third kappa shape index (κ3) is 3.83. The molecule has 2 aromatic carbocycles. The van der Waals surface area contributed by atoms with E-state index in [1.807, 2.05) is 48.5 Å². The highest BCUT2D eigenvalue weighted by Crippen LogP contribution is 2.24. The highest BCUT2D eigenvalue weighted by molar-refractivity contribution is 5.66. The van der Waals surface area contributed by atoms with Crippen LogP contribution in [0, 0.1) is 6.92 Å². The molecule has 0 aliphatic carbocycles. The smallest absolute Gasteiger partial charge is 0.227 e. The summed E-state index contributed by atoms with van der Waals surface area (Å²) in [7, 11) is 1.64. The molecular weight excluding hydrogens is 318 g/mol. The van der Waals surface area contributed by atoms with E-state index < -0.39 is 5.43 Å². The van der Waals surface area contributed by atoms with Crippen LogP contribution in [0.3, 0.4) is 0 Å². The number of methoxy groups -OCH3 is 1. The van der Waals surface area contributed by atoms with E-state index in [2.05, 4.69) is 5.32 Å². The van der Waals surface area contributed by atoms with E-state index in [4.69, 9.17) is 9.15 Å². The monoisotopic (exact) mass is 337 g/mol. The zero-order chi connectivity index (χ0) is 17.8. The molecule has 2 N–H and O–H groups in total. The molecule has 0 aliphatic rings. The second kappa shape index (κ2) is 7.13. The molecule has 0 atom stereocenters. The molecule has 0 radical (unpaired) electrons. The van der Waals surface area contributed by atoms with E-state index in [1.165, 1.54) is 6.07 Å². The molecule has 5 nitrogen and oxygen atoms in total. The third-order valence-electron chi connectivity index (χ3n) is 3.88. The Labute approximate surface area is 145 Å². The van der Waals surface area contributed by atoms with Crippen LogP contribution in [-0.2, 0) is 6.54 Å². The highest BCUT2D eigenvalue weighted by atomic mass is 16.5. The van der Waals surface area contributed by atoms with E-state index in [0.717, 1.165) is 22.6 Å². The molecule has 0 fully saturated rings. The van der Waals surface area contributed by atoms with Crippen molar-refractivity contribution < 1.29 is 14.3 Å². The minimum atomic E-state index is -0.435. The molecule has 0 spiro atoms. The van der Waals surface area contributed by atoms with Crippen LogP contribution in [-0.4, -0.2) is 12.2 Å². The lowest BCUT2D eigenvalue weighted by Crippen LogP contribution is -2.07. The van der Waals surface area contributed by atoms with Gasteiger partial charge in [0.05, 0.1) is 13.7 Å². The van der Waals surface area contributed by atoms with Crippen molar-refractivity contribution in [2.75, 3.05) is 12.4 Å². The largest absolute Gasteiger partial charge is 0.502 e. The molecule has 128 valence electrons. The molecular formula is C20H19NO4. The Morgan fingerprint density at radius 3 is 2.24 bits per heavy atom. The molecule has 0 unspecified atom stereocenters. The number of hydrogen-bond donors (Lipinski definition) is 2. The van der Waals surface area contributed by atoms with E-state index in [-0.39, 0.29) is 18.1 Å². The zero-order valence-electron chi connectivity index (χ0n) is 14.1. The predicted octanol–water partition coefficient (Wildman–Crippen LogP) is 3.94. The van der Waals surface area contributed by atoms with Gasteiger partial charge in [0.1, 0.15) is 11.5 Å². The summed E-state index contributed by atoms with van der Waals surface area (Å²) in [4.78, 5) is 11.6. The summed E-state index contributed by atoms with van der Waals surface area (Å²) in [6.07, 6.45) is 0. The summed E-state index contributed by atoms with van der Waals surface area (Å²) >= 11 is 0. The van der Waals surface area contributed by atoms with E-state index in [1.54, 1.807) is 14.0 Å². The summed E-state index contributed by atoms with van der Waals surface area (Å²) in [6.45, 7) is 1.90. The van der Waals surface area contributed by atoms with Gasteiger partial charge in [-0.25, -0.2) is 0 Å². The first-order valence-corrected chi connectivity index (χ1v) is 7.88. The summed E-state index contributed by atoms with van der Waals surface area (Å²) < 4.78 is 10.6. The number of ether oxygens (including phenoxy) is 1. The predicted molar refractivity (Wildman–Crippen MR) is 97.1 cm³/mol. The van der Waals surface area contributed by atoms with Gasteiger partial charge in [0, 0.05) is 11.8 Å². The first-order chi connectivity index (χ1) is 12.1. The maximum Gasteiger partial charge on any atom is 0.227 e. The van der Waals surface area contributed by atoms with Gasteiger partial charge in [-0.1, -0.05) is 24.3 Å². The number of rotatable bonds is 5. The quantitative estimate of drug-likeness (QED) is 0.738. The van der Waals surface area contributed by atoms with Crippen LogP contribution < -0.4 is 15.5 Å². The van der Waals surface area contributed by atoms with Crippen molar-refractivity contribution in [2.45, 2.75) is 13.5 Å². The standard InChI is InChI=1S/C20H19NO4/c1-13-11-18(22)20(23)19(25-13)12-21-16-7-3-14(4-8-16)15-5-9-17(24-2)10-6-15/h3-11,21,23H,12H2,1-2H3. The van der Waals surface area contributed by atoms with Crippen LogP contribution in [0.1, 0.15) is 11.5 Å². The molecule has 0 bridgehead atoms. The minimum absolute atomic E-state index is 0.226. The maximum absolute atomic E-state index is 11.6. The maximum atomic E-state index is 11.6. The van der Waals surface area contributed by atoms with Crippen LogP contribution in [0.2, 0.25) is 0 Å². The van der Waals surface area contributed by atoms with Gasteiger partial charge in [0.15, 0.2) is 5.76 Å². The number of benzene rings is 2. The Balaban J connectivity index is 1.71. The van der Waals surface area contributed by atoms with Gasteiger partial charge < -0.3 is 19.6 Å². The molecule has 5 heteroatoms. The Morgan fingerprint density at radius 1 is 1.04 bits per heavy atom. The van der Waals surface area contributed by atoms with Gasteiger partial charge in [-0.2, -0.15) is 0 Å². The number of hydrogen-bond acceptors (Lipinski definition) is 5. The Morgan fingerprint density at radius 2 is 1.64 bits per heavy atom. The first-order valence-electron chi connectivity index (χ1n) is 7.88. The fourth-order valence-corrected chi connectivity index (χ4v) is 2.53. The van der Waals surface area contributed by atoms with Gasteiger partial charge in [-0.05, 0) is 42.3 Å². The van der Waals surface area contributed by atoms with Gasteiger partial charge >= 0.3 is 0 Å². The molecule has 0 amide bonds. The van der Waals surface area contributed by atoms with Crippen molar-refractivity contribution in [3.8, 4) is 22.6 Å². The Kier molecular flexibility index (Phi) is 4.75. The Hall–Kier alpha value is -3.21. The summed E-state index contributed by atoms with van der Waals surface area (Å²) in [6, 6.07) is 17.0. The minimum Gasteiger partial charge on any atom is -0.502 e. The van der Waals surface area contributed by atoms with Crippen molar-refractivity contribution in [3.05, 3.63) is 76.3 Å².